The highest BCUT2D eigenvalue weighted by Crippen LogP contribution is 2.38. The summed E-state index contributed by atoms with van der Waals surface area (Å²) in [5, 5.41) is 14.2. The van der Waals surface area contributed by atoms with E-state index in [1.165, 1.54) is 11.3 Å². The van der Waals surface area contributed by atoms with Gasteiger partial charge in [0.1, 0.15) is 0 Å². The Kier molecular flexibility index (Phi) is 8.01. The lowest BCUT2D eigenvalue weighted by Crippen LogP contribution is -2.42. The number of benzene rings is 1. The first-order valence-electron chi connectivity index (χ1n) is 11.2. The van der Waals surface area contributed by atoms with Gasteiger partial charge in [0.15, 0.2) is 5.96 Å². The number of para-hydroxylation sites is 1. The third-order valence-electron chi connectivity index (χ3n) is 6.64. The van der Waals surface area contributed by atoms with Gasteiger partial charge in [0, 0.05) is 44.2 Å². The molecule has 2 fully saturated rings. The Labute approximate surface area is 197 Å². The summed E-state index contributed by atoms with van der Waals surface area (Å²) in [6, 6.07) is 8.54. The number of aliphatic hydroxyl groups is 1. The molecule has 1 amide bonds. The number of fused-ring (bicyclic) bond motifs is 1. The van der Waals surface area contributed by atoms with Crippen LogP contribution < -0.4 is 10.2 Å². The maximum absolute atomic E-state index is 12.0. The summed E-state index contributed by atoms with van der Waals surface area (Å²) in [4.78, 5) is 21.1. The second-order valence-corrected chi connectivity index (χ2v) is 8.74. The molecule has 4 rings (SSSR count). The lowest BCUT2D eigenvalue weighted by atomic mass is 9.98. The van der Waals surface area contributed by atoms with Gasteiger partial charge in [-0.1, -0.05) is 31.0 Å². The quantitative estimate of drug-likeness (QED) is 0.339. The van der Waals surface area contributed by atoms with Crippen molar-refractivity contribution in [3.63, 3.8) is 0 Å². The summed E-state index contributed by atoms with van der Waals surface area (Å²) >= 11 is 0. The van der Waals surface area contributed by atoms with E-state index >= 15 is 0 Å². The molecule has 1 saturated carbocycles. The van der Waals surface area contributed by atoms with Gasteiger partial charge in [0.25, 0.3) is 0 Å². The number of nitrogens with zero attached hydrogens (tertiary/aromatic N) is 3. The van der Waals surface area contributed by atoms with Crippen molar-refractivity contribution in [1.29, 1.82) is 0 Å². The van der Waals surface area contributed by atoms with Crippen LogP contribution in [0, 0.1) is 0 Å². The third kappa shape index (κ3) is 5.10. The highest BCUT2D eigenvalue weighted by Gasteiger charge is 2.34. The normalized spacial score (nSPS) is 22.9. The smallest absolute Gasteiger partial charge is 0.222 e. The topological polar surface area (TPSA) is 68.2 Å². The van der Waals surface area contributed by atoms with Crippen LogP contribution in [-0.2, 0) is 4.79 Å². The molecule has 1 aliphatic carbocycles. The van der Waals surface area contributed by atoms with E-state index in [0.717, 1.165) is 70.7 Å². The largest absolute Gasteiger partial charge is 0.388 e. The maximum Gasteiger partial charge on any atom is 0.222 e. The number of halogens is 1. The van der Waals surface area contributed by atoms with E-state index in [0.29, 0.717) is 24.8 Å². The molecule has 7 heteroatoms. The molecule has 3 aliphatic rings. The minimum absolute atomic E-state index is 0. The molecule has 2 N–H and O–H groups in total. The molecule has 1 atom stereocenters. The van der Waals surface area contributed by atoms with Crippen LogP contribution in [-0.4, -0.2) is 60.2 Å². The van der Waals surface area contributed by atoms with Gasteiger partial charge in [-0.05, 0) is 44.2 Å². The lowest BCUT2D eigenvalue weighted by Gasteiger charge is -2.25. The first kappa shape index (κ1) is 23.3. The lowest BCUT2D eigenvalue weighted by molar-refractivity contribution is -0.127. The number of carbonyl (C=O) groups is 1. The van der Waals surface area contributed by atoms with Crippen molar-refractivity contribution in [2.45, 2.75) is 63.4 Å². The SMILES string of the molecule is CCNC(=NCC1(O)CCCC1)N1CC(CCN2CCCC2=O)c2ccccc21.I. The first-order chi connectivity index (χ1) is 14.1. The van der Waals surface area contributed by atoms with Crippen molar-refractivity contribution in [3.8, 4) is 0 Å². The Hall–Kier alpha value is -1.35. The number of amides is 1. The molecule has 0 aromatic heterocycles. The highest BCUT2D eigenvalue weighted by atomic mass is 127. The van der Waals surface area contributed by atoms with E-state index in [1.807, 2.05) is 4.90 Å². The summed E-state index contributed by atoms with van der Waals surface area (Å²) in [7, 11) is 0. The summed E-state index contributed by atoms with van der Waals surface area (Å²) in [6.45, 7) is 5.94. The van der Waals surface area contributed by atoms with Crippen molar-refractivity contribution < 1.29 is 9.90 Å². The number of guanidine groups is 1. The van der Waals surface area contributed by atoms with Gasteiger partial charge in [-0.15, -0.1) is 24.0 Å². The zero-order valence-electron chi connectivity index (χ0n) is 18.0. The molecule has 6 nitrogen and oxygen atoms in total. The standard InChI is InChI=1S/C23H34N4O2.HI/c1-2-24-22(25-17-23(29)12-5-6-13-23)27-16-18(19-8-3-4-9-20(19)27)11-15-26-14-7-10-21(26)28;/h3-4,8-9,18,29H,2,5-7,10-17H2,1H3,(H,24,25);1H. The van der Waals surface area contributed by atoms with Gasteiger partial charge in [0.05, 0.1) is 12.1 Å². The van der Waals surface area contributed by atoms with Crippen LogP contribution in [0.3, 0.4) is 0 Å². The third-order valence-corrected chi connectivity index (χ3v) is 6.64. The minimum atomic E-state index is -0.643. The Morgan fingerprint density at radius 3 is 2.73 bits per heavy atom. The van der Waals surface area contributed by atoms with Crippen molar-refractivity contribution in [3.05, 3.63) is 29.8 Å². The monoisotopic (exact) mass is 526 g/mol. The van der Waals surface area contributed by atoms with Gasteiger partial charge >= 0.3 is 0 Å². The first-order valence-corrected chi connectivity index (χ1v) is 11.2. The Morgan fingerprint density at radius 2 is 2.03 bits per heavy atom. The molecular weight excluding hydrogens is 491 g/mol. The van der Waals surface area contributed by atoms with Gasteiger partial charge in [-0.2, -0.15) is 0 Å². The van der Waals surface area contributed by atoms with Crippen molar-refractivity contribution in [2.24, 2.45) is 4.99 Å². The second-order valence-electron chi connectivity index (χ2n) is 8.74. The van der Waals surface area contributed by atoms with E-state index in [-0.39, 0.29) is 24.0 Å². The van der Waals surface area contributed by atoms with Gasteiger partial charge in [-0.3, -0.25) is 4.79 Å². The molecule has 30 heavy (non-hydrogen) atoms. The number of likely N-dealkylation sites (tertiary alicyclic amines) is 1. The summed E-state index contributed by atoms with van der Waals surface area (Å²) in [5.74, 6) is 1.55. The number of hydrogen-bond donors (Lipinski definition) is 2. The number of carbonyl (C=O) groups excluding carboxylic acids is 1. The predicted molar refractivity (Wildman–Crippen MR) is 132 cm³/mol. The summed E-state index contributed by atoms with van der Waals surface area (Å²) in [6.07, 6.45) is 6.54. The Balaban J connectivity index is 0.00000256. The van der Waals surface area contributed by atoms with Crippen LogP contribution in [0.4, 0.5) is 5.69 Å². The van der Waals surface area contributed by atoms with Gasteiger partial charge < -0.3 is 20.2 Å². The second kappa shape index (κ2) is 10.3. The molecule has 0 spiro atoms. The zero-order chi connectivity index (χ0) is 20.3. The van der Waals surface area contributed by atoms with Crippen molar-refractivity contribution >= 4 is 41.5 Å². The number of anilines is 1. The highest BCUT2D eigenvalue weighted by molar-refractivity contribution is 14.0. The van der Waals surface area contributed by atoms with Crippen LogP contribution in [0.1, 0.15) is 63.4 Å². The Morgan fingerprint density at radius 1 is 1.27 bits per heavy atom. The van der Waals surface area contributed by atoms with E-state index in [1.54, 1.807) is 0 Å². The van der Waals surface area contributed by atoms with Crippen LogP contribution in [0.15, 0.2) is 29.3 Å². The molecular formula is C23H35IN4O2. The molecule has 1 aromatic carbocycles. The fraction of sp³-hybridized carbons (Fsp3) is 0.652. The van der Waals surface area contributed by atoms with Crippen molar-refractivity contribution in [1.82, 2.24) is 10.2 Å². The molecule has 1 saturated heterocycles. The average molecular weight is 526 g/mol. The Bertz CT molecular complexity index is 763. The number of nitrogens with one attached hydrogen (secondary N) is 1. The fourth-order valence-electron chi connectivity index (χ4n) is 5.00. The van der Waals surface area contributed by atoms with Crippen LogP contribution in [0.25, 0.3) is 0 Å². The average Bonchev–Trinajstić information content (AvgIpc) is 3.43. The molecule has 1 aromatic rings. The fourth-order valence-corrected chi connectivity index (χ4v) is 5.00. The molecule has 1 unspecified atom stereocenters. The predicted octanol–water partition coefficient (Wildman–Crippen LogP) is 3.49. The summed E-state index contributed by atoms with van der Waals surface area (Å²) < 4.78 is 0. The molecule has 0 bridgehead atoms. The van der Waals surface area contributed by atoms with E-state index in [9.17, 15) is 9.90 Å². The van der Waals surface area contributed by atoms with Gasteiger partial charge in [0.2, 0.25) is 5.91 Å². The number of rotatable bonds is 6. The van der Waals surface area contributed by atoms with E-state index < -0.39 is 5.60 Å². The molecule has 166 valence electrons. The summed E-state index contributed by atoms with van der Waals surface area (Å²) in [5.41, 5.74) is 1.89. The van der Waals surface area contributed by atoms with Crippen LogP contribution >= 0.6 is 24.0 Å². The van der Waals surface area contributed by atoms with Crippen molar-refractivity contribution in [2.75, 3.05) is 37.6 Å². The minimum Gasteiger partial charge on any atom is -0.388 e. The van der Waals surface area contributed by atoms with E-state index in [2.05, 4.69) is 41.4 Å². The van der Waals surface area contributed by atoms with E-state index in [4.69, 9.17) is 4.99 Å². The molecule has 2 aliphatic heterocycles. The van der Waals surface area contributed by atoms with Gasteiger partial charge in [-0.25, -0.2) is 4.99 Å². The molecule has 2 heterocycles. The number of hydrogen-bond acceptors (Lipinski definition) is 3. The zero-order valence-corrected chi connectivity index (χ0v) is 20.3. The molecule has 0 radical (unpaired) electrons. The number of aliphatic imine (C=N–C) groups is 1. The van der Waals surface area contributed by atoms with Crippen LogP contribution in [0.5, 0.6) is 0 Å². The maximum atomic E-state index is 12.0. The van der Waals surface area contributed by atoms with Crippen LogP contribution in [0.2, 0.25) is 0 Å².